The van der Waals surface area contributed by atoms with Crippen LogP contribution in [0.3, 0.4) is 0 Å². The van der Waals surface area contributed by atoms with Gasteiger partial charge in [-0.1, -0.05) is 17.7 Å². The van der Waals surface area contributed by atoms with Crippen LogP contribution in [0.2, 0.25) is 0 Å². The van der Waals surface area contributed by atoms with Crippen molar-refractivity contribution in [3.8, 4) is 0 Å². The largest absolute Gasteiger partial charge is 0.513 e. The molecule has 0 atom stereocenters. The Bertz CT molecular complexity index is 797. The number of hydrogen-bond donors (Lipinski definition) is 0. The van der Waals surface area contributed by atoms with Crippen LogP contribution in [0.1, 0.15) is 42.0 Å². The molecule has 2 heterocycles. The monoisotopic (exact) mass is 389 g/mol. The molecule has 2 aliphatic rings. The van der Waals surface area contributed by atoms with Gasteiger partial charge in [-0.2, -0.15) is 5.06 Å². The second-order valence-electron chi connectivity index (χ2n) is 7.26. The fourth-order valence-corrected chi connectivity index (χ4v) is 4.12. The Morgan fingerprint density at radius 1 is 1.18 bits per heavy atom. The predicted octanol–water partition coefficient (Wildman–Crippen LogP) is 3.45. The maximum atomic E-state index is 13.0. The lowest BCUT2D eigenvalue weighted by atomic mass is 9.86. The maximum Gasteiger partial charge on any atom is 0.513 e. The Kier molecular flexibility index (Phi) is 5.76. The molecule has 7 nitrogen and oxygen atoms in total. The summed E-state index contributed by atoms with van der Waals surface area (Å²) < 4.78 is 16.4. The third-order valence-electron chi connectivity index (χ3n) is 5.30. The molecule has 0 radical (unpaired) electrons. The van der Waals surface area contributed by atoms with Crippen molar-refractivity contribution in [2.24, 2.45) is 0 Å². The van der Waals surface area contributed by atoms with Gasteiger partial charge in [-0.15, -0.1) is 0 Å². The van der Waals surface area contributed by atoms with E-state index in [4.69, 9.17) is 19.0 Å². The lowest BCUT2D eigenvalue weighted by Crippen LogP contribution is -2.46. The molecule has 0 aromatic heterocycles. The number of hydrogen-bond acceptors (Lipinski definition) is 7. The zero-order chi connectivity index (χ0) is 20.5. The van der Waals surface area contributed by atoms with Gasteiger partial charge in [0.15, 0.2) is 11.4 Å². The summed E-state index contributed by atoms with van der Waals surface area (Å²) in [4.78, 5) is 30.4. The molecular weight excluding hydrogens is 362 g/mol. The molecule has 28 heavy (non-hydrogen) atoms. The summed E-state index contributed by atoms with van der Waals surface area (Å²) in [7, 11) is 1.61. The maximum absolute atomic E-state index is 13.0. The van der Waals surface area contributed by atoms with Crippen LogP contribution in [0.5, 0.6) is 0 Å². The van der Waals surface area contributed by atoms with E-state index in [-0.39, 0.29) is 12.4 Å². The highest BCUT2D eigenvalue weighted by atomic mass is 16.7. The highest BCUT2D eigenvalue weighted by Gasteiger charge is 2.53. The number of rotatable bonds is 4. The third kappa shape index (κ3) is 3.64. The molecule has 1 saturated heterocycles. The first-order chi connectivity index (χ1) is 13.3. The molecule has 0 N–H and O–H groups in total. The highest BCUT2D eigenvalue weighted by Crippen LogP contribution is 2.46. The minimum absolute atomic E-state index is 0.184. The van der Waals surface area contributed by atoms with E-state index < -0.39 is 17.7 Å². The number of nitrogens with zero attached hydrogens (tertiary/aromatic N) is 1. The Balaban J connectivity index is 2.12. The minimum Gasteiger partial charge on any atom is -0.447 e. The normalized spacial score (nSPS) is 19.1. The number of carbonyl (C=O) groups is 2. The van der Waals surface area contributed by atoms with Gasteiger partial charge in [0, 0.05) is 25.9 Å². The van der Waals surface area contributed by atoms with Gasteiger partial charge < -0.3 is 19.0 Å². The lowest BCUT2D eigenvalue weighted by molar-refractivity contribution is -0.183. The summed E-state index contributed by atoms with van der Waals surface area (Å²) in [5.41, 5.74) is 3.04. The topological polar surface area (TPSA) is 74.3 Å². The first-order valence-electron chi connectivity index (χ1n) is 9.51. The van der Waals surface area contributed by atoms with Crippen LogP contribution < -0.4 is 0 Å². The SMILES string of the molecule is CCOC(=O)OC1=C(c2c(C)cc(C)cc2C)C(=O)OC12CCN(OC)CC2. The quantitative estimate of drug-likeness (QED) is 0.730. The van der Waals surface area contributed by atoms with Crippen molar-refractivity contribution in [2.45, 2.75) is 46.1 Å². The zero-order valence-corrected chi connectivity index (χ0v) is 17.1. The summed E-state index contributed by atoms with van der Waals surface area (Å²) in [6.07, 6.45) is 0.105. The van der Waals surface area contributed by atoms with Gasteiger partial charge in [-0.05, 0) is 44.4 Å². The molecule has 1 aromatic rings. The summed E-state index contributed by atoms with van der Waals surface area (Å²) >= 11 is 0. The van der Waals surface area contributed by atoms with Gasteiger partial charge in [0.25, 0.3) is 0 Å². The van der Waals surface area contributed by atoms with E-state index in [9.17, 15) is 9.59 Å². The zero-order valence-electron chi connectivity index (χ0n) is 17.1. The summed E-state index contributed by atoms with van der Waals surface area (Å²) in [5, 5.41) is 1.79. The summed E-state index contributed by atoms with van der Waals surface area (Å²) in [5.74, 6) is -0.220. The molecule has 2 aliphatic heterocycles. The van der Waals surface area contributed by atoms with Gasteiger partial charge in [-0.3, -0.25) is 0 Å². The van der Waals surface area contributed by atoms with Gasteiger partial charge >= 0.3 is 12.1 Å². The molecule has 0 unspecified atom stereocenters. The standard InChI is InChI=1S/C21H27NO6/c1-6-26-20(24)27-18-17(16-14(3)11-13(2)12-15(16)4)19(23)28-21(18)7-9-22(25-5)10-8-21/h11-12H,6-10H2,1-5H3. The van der Waals surface area contributed by atoms with Crippen LogP contribution in [0.15, 0.2) is 17.9 Å². The molecular formula is C21H27NO6. The molecule has 152 valence electrons. The number of piperidine rings is 1. The number of hydroxylamine groups is 2. The van der Waals surface area contributed by atoms with Crippen LogP contribution >= 0.6 is 0 Å². The molecule has 0 amide bonds. The van der Waals surface area contributed by atoms with Crippen LogP contribution in [0.4, 0.5) is 4.79 Å². The molecule has 1 aromatic carbocycles. The molecule has 0 bridgehead atoms. The second-order valence-corrected chi connectivity index (χ2v) is 7.26. The molecule has 1 spiro atoms. The lowest BCUT2D eigenvalue weighted by Gasteiger charge is -2.37. The first-order valence-corrected chi connectivity index (χ1v) is 9.51. The van der Waals surface area contributed by atoms with E-state index in [1.54, 1.807) is 19.1 Å². The van der Waals surface area contributed by atoms with Crippen molar-refractivity contribution in [3.05, 3.63) is 40.1 Å². The van der Waals surface area contributed by atoms with Gasteiger partial charge in [0.05, 0.1) is 13.7 Å². The smallest absolute Gasteiger partial charge is 0.447 e. The fourth-order valence-electron chi connectivity index (χ4n) is 4.12. The Morgan fingerprint density at radius 2 is 1.79 bits per heavy atom. The van der Waals surface area contributed by atoms with E-state index in [1.165, 1.54) is 0 Å². The average Bonchev–Trinajstić information content (AvgIpc) is 2.87. The molecule has 1 fully saturated rings. The predicted molar refractivity (Wildman–Crippen MR) is 102 cm³/mol. The Hall–Kier alpha value is -2.38. The fraction of sp³-hybridized carbons (Fsp3) is 0.524. The first kappa shape index (κ1) is 20.4. The number of carbonyl (C=O) groups excluding carboxylic acids is 2. The summed E-state index contributed by atoms with van der Waals surface area (Å²) in [6, 6.07) is 4.01. The van der Waals surface area contributed by atoms with Gasteiger partial charge in [-0.25, -0.2) is 9.59 Å². The molecule has 0 aliphatic carbocycles. The van der Waals surface area contributed by atoms with Crippen LogP contribution in [0.25, 0.3) is 5.57 Å². The summed E-state index contributed by atoms with van der Waals surface area (Å²) in [6.45, 7) is 8.88. The Morgan fingerprint density at radius 3 is 2.32 bits per heavy atom. The van der Waals surface area contributed by atoms with Crippen LogP contribution in [-0.4, -0.2) is 49.6 Å². The highest BCUT2D eigenvalue weighted by molar-refractivity contribution is 6.20. The van der Waals surface area contributed by atoms with Crippen molar-refractivity contribution in [1.82, 2.24) is 5.06 Å². The number of ether oxygens (including phenoxy) is 3. The van der Waals surface area contributed by atoms with E-state index in [1.807, 2.05) is 32.9 Å². The Labute approximate surface area is 165 Å². The van der Waals surface area contributed by atoms with Crippen LogP contribution in [-0.2, 0) is 23.8 Å². The van der Waals surface area contributed by atoms with Crippen molar-refractivity contribution >= 4 is 17.7 Å². The molecule has 0 saturated carbocycles. The van der Waals surface area contributed by atoms with E-state index in [2.05, 4.69) is 0 Å². The van der Waals surface area contributed by atoms with Crippen molar-refractivity contribution in [1.29, 1.82) is 0 Å². The number of esters is 1. The van der Waals surface area contributed by atoms with Crippen molar-refractivity contribution in [3.63, 3.8) is 0 Å². The van der Waals surface area contributed by atoms with Crippen molar-refractivity contribution < 1.29 is 28.6 Å². The van der Waals surface area contributed by atoms with E-state index >= 15 is 0 Å². The number of aryl methyl sites for hydroxylation is 3. The third-order valence-corrected chi connectivity index (χ3v) is 5.30. The molecule has 7 heteroatoms. The second kappa shape index (κ2) is 7.93. The van der Waals surface area contributed by atoms with E-state index in [0.717, 1.165) is 22.3 Å². The van der Waals surface area contributed by atoms with E-state index in [0.29, 0.717) is 31.5 Å². The average molecular weight is 389 g/mol. The number of benzene rings is 1. The van der Waals surface area contributed by atoms with Crippen molar-refractivity contribution in [2.75, 3.05) is 26.8 Å². The van der Waals surface area contributed by atoms with Gasteiger partial charge in [0.2, 0.25) is 0 Å². The minimum atomic E-state index is -0.988. The molecule has 3 rings (SSSR count). The van der Waals surface area contributed by atoms with Crippen LogP contribution in [0, 0.1) is 20.8 Å². The van der Waals surface area contributed by atoms with Gasteiger partial charge in [0.1, 0.15) is 5.57 Å².